The van der Waals surface area contributed by atoms with E-state index in [1.54, 1.807) is 13.3 Å². The Morgan fingerprint density at radius 2 is 2.23 bits per heavy atom. The molecule has 13 heavy (non-hydrogen) atoms. The second-order valence-corrected chi connectivity index (χ2v) is 2.94. The Balaban J connectivity index is 2.88. The summed E-state index contributed by atoms with van der Waals surface area (Å²) in [5.41, 5.74) is 12.4. The summed E-state index contributed by atoms with van der Waals surface area (Å²) in [5.74, 6) is 0.471. The van der Waals surface area contributed by atoms with E-state index in [4.69, 9.17) is 16.2 Å². The van der Waals surface area contributed by atoms with E-state index in [0.29, 0.717) is 5.82 Å². The first kappa shape index (κ1) is 9.95. The Hall–Kier alpha value is -1.13. The van der Waals surface area contributed by atoms with Crippen molar-refractivity contribution in [3.05, 3.63) is 23.9 Å². The van der Waals surface area contributed by atoms with Gasteiger partial charge in [0.15, 0.2) is 0 Å². The van der Waals surface area contributed by atoms with Crippen molar-refractivity contribution in [2.75, 3.05) is 12.8 Å². The largest absolute Gasteiger partial charge is 0.383 e. The molecule has 0 aliphatic rings. The van der Waals surface area contributed by atoms with E-state index >= 15 is 0 Å². The normalized spacial score (nSPS) is 15.3. The highest BCUT2D eigenvalue weighted by Gasteiger charge is 2.16. The third-order valence-corrected chi connectivity index (χ3v) is 2.11. The lowest BCUT2D eigenvalue weighted by molar-refractivity contribution is 0.0958. The lowest BCUT2D eigenvalue weighted by atomic mass is 10.0. The van der Waals surface area contributed by atoms with Crippen LogP contribution in [0.1, 0.15) is 18.5 Å². The van der Waals surface area contributed by atoms with Gasteiger partial charge < -0.3 is 16.2 Å². The standard InChI is InChI=1S/C9H15N3O/c1-6(13-2)8(10)7-4-3-5-12-9(7)11/h3-6,8H,10H2,1-2H3,(H2,11,12). The third kappa shape index (κ3) is 2.17. The van der Waals surface area contributed by atoms with Crippen LogP contribution < -0.4 is 11.5 Å². The molecule has 1 heterocycles. The summed E-state index contributed by atoms with van der Waals surface area (Å²) in [4.78, 5) is 3.96. The summed E-state index contributed by atoms with van der Waals surface area (Å²) in [5, 5.41) is 0. The van der Waals surface area contributed by atoms with E-state index < -0.39 is 0 Å². The molecule has 4 N–H and O–H groups in total. The Morgan fingerprint density at radius 3 is 2.77 bits per heavy atom. The van der Waals surface area contributed by atoms with Gasteiger partial charge in [-0.05, 0) is 13.0 Å². The first-order valence-electron chi connectivity index (χ1n) is 4.15. The molecule has 0 radical (unpaired) electrons. The van der Waals surface area contributed by atoms with Crippen molar-refractivity contribution < 1.29 is 4.74 Å². The molecule has 1 aromatic heterocycles. The molecular weight excluding hydrogens is 166 g/mol. The van der Waals surface area contributed by atoms with Crippen molar-refractivity contribution >= 4 is 5.82 Å². The van der Waals surface area contributed by atoms with Crippen molar-refractivity contribution in [1.29, 1.82) is 0 Å². The van der Waals surface area contributed by atoms with Crippen molar-refractivity contribution in [2.45, 2.75) is 19.1 Å². The zero-order valence-corrected chi connectivity index (χ0v) is 7.90. The number of nitrogens with two attached hydrogens (primary N) is 2. The molecule has 0 amide bonds. The zero-order valence-electron chi connectivity index (χ0n) is 7.90. The molecule has 2 unspecified atom stereocenters. The molecule has 0 saturated heterocycles. The number of ether oxygens (including phenoxy) is 1. The lowest BCUT2D eigenvalue weighted by Crippen LogP contribution is -2.26. The minimum atomic E-state index is -0.223. The van der Waals surface area contributed by atoms with Gasteiger partial charge in [0.25, 0.3) is 0 Å². The van der Waals surface area contributed by atoms with E-state index in [1.165, 1.54) is 0 Å². The average Bonchev–Trinajstić information content (AvgIpc) is 2.16. The van der Waals surface area contributed by atoms with E-state index in [9.17, 15) is 0 Å². The summed E-state index contributed by atoms with van der Waals surface area (Å²) in [7, 11) is 1.62. The molecule has 0 aliphatic heterocycles. The third-order valence-electron chi connectivity index (χ3n) is 2.11. The molecule has 72 valence electrons. The molecular formula is C9H15N3O. The maximum absolute atomic E-state index is 5.90. The van der Waals surface area contributed by atoms with Crippen LogP contribution in [0.2, 0.25) is 0 Å². The fourth-order valence-corrected chi connectivity index (χ4v) is 1.11. The first-order valence-corrected chi connectivity index (χ1v) is 4.15. The number of hydrogen-bond donors (Lipinski definition) is 2. The number of rotatable bonds is 3. The van der Waals surface area contributed by atoms with Gasteiger partial charge in [0, 0.05) is 18.9 Å². The number of pyridine rings is 1. The summed E-state index contributed by atoms with van der Waals surface area (Å²) < 4.78 is 5.11. The number of hydrogen-bond acceptors (Lipinski definition) is 4. The van der Waals surface area contributed by atoms with Crippen LogP contribution in [0.3, 0.4) is 0 Å². The number of nitrogen functional groups attached to an aromatic ring is 1. The van der Waals surface area contributed by atoms with E-state index in [1.807, 2.05) is 19.1 Å². The molecule has 0 fully saturated rings. The summed E-state index contributed by atoms with van der Waals surface area (Å²) in [6.45, 7) is 1.90. The fraction of sp³-hybridized carbons (Fsp3) is 0.444. The zero-order chi connectivity index (χ0) is 9.84. The van der Waals surface area contributed by atoms with Crippen LogP contribution in [0.15, 0.2) is 18.3 Å². The first-order chi connectivity index (χ1) is 6.16. The minimum Gasteiger partial charge on any atom is -0.383 e. The topological polar surface area (TPSA) is 74.2 Å². The quantitative estimate of drug-likeness (QED) is 0.719. The number of methoxy groups -OCH3 is 1. The maximum Gasteiger partial charge on any atom is 0.128 e. The highest BCUT2D eigenvalue weighted by molar-refractivity contribution is 5.41. The van der Waals surface area contributed by atoms with Crippen molar-refractivity contribution in [1.82, 2.24) is 4.98 Å². The summed E-state index contributed by atoms with van der Waals surface area (Å²) in [6.07, 6.45) is 1.58. The molecule has 4 heteroatoms. The van der Waals surface area contributed by atoms with Gasteiger partial charge in [-0.15, -0.1) is 0 Å². The van der Waals surface area contributed by atoms with Gasteiger partial charge in [0.05, 0.1) is 12.1 Å². The van der Waals surface area contributed by atoms with Gasteiger partial charge in [-0.1, -0.05) is 6.07 Å². The predicted octanol–water partition coefficient (Wildman–Crippen LogP) is 0.699. The second kappa shape index (κ2) is 4.20. The van der Waals surface area contributed by atoms with Crippen molar-refractivity contribution in [2.24, 2.45) is 5.73 Å². The highest BCUT2D eigenvalue weighted by atomic mass is 16.5. The van der Waals surface area contributed by atoms with Crippen LogP contribution in [0.5, 0.6) is 0 Å². The number of anilines is 1. The predicted molar refractivity (Wildman–Crippen MR) is 52.0 cm³/mol. The monoisotopic (exact) mass is 181 g/mol. The van der Waals surface area contributed by atoms with E-state index in [-0.39, 0.29) is 12.1 Å². The molecule has 1 aromatic rings. The second-order valence-electron chi connectivity index (χ2n) is 2.94. The Morgan fingerprint density at radius 1 is 1.54 bits per heavy atom. The molecule has 0 aromatic carbocycles. The van der Waals surface area contributed by atoms with Crippen LogP contribution in [0, 0.1) is 0 Å². The van der Waals surface area contributed by atoms with Crippen molar-refractivity contribution in [3.63, 3.8) is 0 Å². The van der Waals surface area contributed by atoms with Gasteiger partial charge in [-0.25, -0.2) is 4.98 Å². The smallest absolute Gasteiger partial charge is 0.128 e. The highest BCUT2D eigenvalue weighted by Crippen LogP contribution is 2.19. The lowest BCUT2D eigenvalue weighted by Gasteiger charge is -2.19. The minimum absolute atomic E-state index is 0.0634. The van der Waals surface area contributed by atoms with Gasteiger partial charge in [0.2, 0.25) is 0 Å². The van der Waals surface area contributed by atoms with Gasteiger partial charge in [0.1, 0.15) is 5.82 Å². The summed E-state index contributed by atoms with van der Waals surface area (Å²) >= 11 is 0. The Labute approximate surface area is 77.9 Å². The Kier molecular flexibility index (Phi) is 3.22. The molecule has 0 spiro atoms. The molecule has 0 saturated carbocycles. The summed E-state index contributed by atoms with van der Waals surface area (Å²) in [6, 6.07) is 3.45. The molecule has 0 aliphatic carbocycles. The van der Waals surface area contributed by atoms with Crippen LogP contribution in [0.4, 0.5) is 5.82 Å². The van der Waals surface area contributed by atoms with E-state index in [2.05, 4.69) is 4.98 Å². The molecule has 1 rings (SSSR count). The number of nitrogens with zero attached hydrogens (tertiary/aromatic N) is 1. The van der Waals surface area contributed by atoms with Crippen LogP contribution in [-0.2, 0) is 4.74 Å². The van der Waals surface area contributed by atoms with Crippen LogP contribution in [-0.4, -0.2) is 18.2 Å². The molecule has 4 nitrogen and oxygen atoms in total. The fourth-order valence-electron chi connectivity index (χ4n) is 1.11. The van der Waals surface area contributed by atoms with E-state index in [0.717, 1.165) is 5.56 Å². The SMILES string of the molecule is COC(C)C(N)c1cccnc1N. The molecule has 2 atom stereocenters. The van der Waals surface area contributed by atoms with Gasteiger partial charge in [-0.2, -0.15) is 0 Å². The Bertz CT molecular complexity index is 277. The van der Waals surface area contributed by atoms with Gasteiger partial charge in [-0.3, -0.25) is 0 Å². The maximum atomic E-state index is 5.90. The van der Waals surface area contributed by atoms with Crippen LogP contribution >= 0.6 is 0 Å². The average molecular weight is 181 g/mol. The van der Waals surface area contributed by atoms with Crippen molar-refractivity contribution in [3.8, 4) is 0 Å². The molecule has 0 bridgehead atoms. The van der Waals surface area contributed by atoms with Crippen LogP contribution in [0.25, 0.3) is 0 Å². The number of aromatic nitrogens is 1. The van der Waals surface area contributed by atoms with Gasteiger partial charge >= 0.3 is 0 Å².